The van der Waals surface area contributed by atoms with Gasteiger partial charge < -0.3 is 9.80 Å². The summed E-state index contributed by atoms with van der Waals surface area (Å²) in [6, 6.07) is 37.2. The lowest BCUT2D eigenvalue weighted by Gasteiger charge is -2.46. The van der Waals surface area contributed by atoms with Crippen LogP contribution in [-0.4, -0.2) is 19.8 Å². The first kappa shape index (κ1) is 27.1. The number of fused-ring (bicyclic) bond motifs is 4. The number of anilines is 4. The van der Waals surface area contributed by atoms with Crippen molar-refractivity contribution in [3.05, 3.63) is 114 Å². The normalized spacial score (nSPS) is 16.4. The lowest BCUT2D eigenvalue weighted by Crippen LogP contribution is -2.62. The summed E-state index contributed by atoms with van der Waals surface area (Å²) in [7, 11) is 0. The molecule has 0 spiro atoms. The van der Waals surface area contributed by atoms with Crippen LogP contribution in [0.3, 0.4) is 0 Å². The van der Waals surface area contributed by atoms with Crippen LogP contribution in [0, 0.1) is 0 Å². The molecule has 222 valence electrons. The van der Waals surface area contributed by atoms with Crippen LogP contribution < -0.4 is 26.2 Å². The highest BCUT2D eigenvalue weighted by Gasteiger charge is 2.45. The molecule has 0 radical (unpaired) electrons. The molecule has 2 nitrogen and oxygen atoms in total. The monoisotopic (exact) mass is 584 g/mol. The van der Waals surface area contributed by atoms with Crippen LogP contribution in [0.4, 0.5) is 22.7 Å². The van der Waals surface area contributed by atoms with E-state index in [9.17, 15) is 0 Å². The van der Waals surface area contributed by atoms with E-state index in [-0.39, 0.29) is 12.1 Å². The molecule has 0 N–H and O–H groups in total. The molecule has 0 aliphatic carbocycles. The Bertz CT molecular complexity index is 1820. The fourth-order valence-corrected chi connectivity index (χ4v) is 8.82. The van der Waals surface area contributed by atoms with Gasteiger partial charge >= 0.3 is 0 Å². The second-order valence-electron chi connectivity index (χ2n) is 14.6. The summed E-state index contributed by atoms with van der Waals surface area (Å²) >= 11 is 0. The number of rotatable bonds is 2. The Morgan fingerprint density at radius 2 is 1.02 bits per heavy atom. The van der Waals surface area contributed by atoms with Crippen LogP contribution in [0.25, 0.3) is 22.3 Å². The second-order valence-corrected chi connectivity index (χ2v) is 14.6. The Morgan fingerprint density at radius 1 is 0.556 bits per heavy atom. The molecule has 5 aromatic carbocycles. The van der Waals surface area contributed by atoms with Crippen molar-refractivity contribution in [2.24, 2.45) is 0 Å². The third kappa shape index (κ3) is 4.09. The van der Waals surface area contributed by atoms with Crippen LogP contribution in [0.5, 0.6) is 0 Å². The van der Waals surface area contributed by atoms with E-state index >= 15 is 0 Å². The first-order chi connectivity index (χ1) is 22.0. The van der Waals surface area contributed by atoms with Gasteiger partial charge in [0.25, 0.3) is 6.71 Å². The zero-order chi connectivity index (χ0) is 30.3. The highest BCUT2D eigenvalue weighted by atomic mass is 15.2. The lowest BCUT2D eigenvalue weighted by atomic mass is 9.33. The number of hydrogen-bond donors (Lipinski definition) is 0. The molecule has 9 rings (SSSR count). The molecular formula is C42H41BN2. The quantitative estimate of drug-likeness (QED) is 0.192. The Labute approximate surface area is 268 Å². The van der Waals surface area contributed by atoms with Crippen molar-refractivity contribution in [3.8, 4) is 22.3 Å². The number of nitrogens with zero attached hydrogens (tertiary/aromatic N) is 2. The van der Waals surface area contributed by atoms with Gasteiger partial charge in [-0.05, 0) is 111 Å². The van der Waals surface area contributed by atoms with Crippen molar-refractivity contribution in [1.29, 1.82) is 0 Å². The Balaban J connectivity index is 1.38. The topological polar surface area (TPSA) is 6.48 Å². The van der Waals surface area contributed by atoms with Crippen LogP contribution in [0.1, 0.15) is 63.1 Å². The van der Waals surface area contributed by atoms with Gasteiger partial charge in [-0.3, -0.25) is 0 Å². The van der Waals surface area contributed by atoms with Gasteiger partial charge in [0.05, 0.1) is 0 Å². The van der Waals surface area contributed by atoms with Crippen LogP contribution in [0.2, 0.25) is 0 Å². The van der Waals surface area contributed by atoms with Gasteiger partial charge in [-0.15, -0.1) is 0 Å². The fourth-order valence-electron chi connectivity index (χ4n) is 8.82. The molecule has 45 heavy (non-hydrogen) atoms. The van der Waals surface area contributed by atoms with Crippen molar-refractivity contribution in [2.75, 3.05) is 22.9 Å². The van der Waals surface area contributed by atoms with E-state index in [4.69, 9.17) is 0 Å². The molecule has 4 heterocycles. The Kier molecular flexibility index (Phi) is 6.11. The standard InChI is InChI=1S/C42H41BN2/c1-42(2,3)30-26-37-39-38(27-30)45-25-13-11-19-34-32(29-16-8-5-9-17-29)21-23-36(41(34)45)43(39)35-22-20-31(28-14-6-4-7-15-28)33-18-10-12-24-44(37)40(33)35/h4-9,14-17,20-23,26-27H,10-13,18-19,24-25H2,1-3H3. The average Bonchev–Trinajstić information content (AvgIpc) is 3.43. The van der Waals surface area contributed by atoms with Crippen molar-refractivity contribution < 1.29 is 0 Å². The molecule has 0 fully saturated rings. The maximum Gasteiger partial charge on any atom is 0.252 e. The van der Waals surface area contributed by atoms with E-state index in [0.29, 0.717) is 0 Å². The molecule has 0 aromatic heterocycles. The van der Waals surface area contributed by atoms with Gasteiger partial charge in [0.2, 0.25) is 0 Å². The van der Waals surface area contributed by atoms with Crippen LogP contribution in [0.15, 0.2) is 97.1 Å². The third-order valence-corrected chi connectivity index (χ3v) is 10.9. The van der Waals surface area contributed by atoms with Gasteiger partial charge in [-0.2, -0.15) is 0 Å². The van der Waals surface area contributed by atoms with E-state index in [0.717, 1.165) is 25.9 Å². The van der Waals surface area contributed by atoms with Crippen molar-refractivity contribution >= 4 is 45.9 Å². The molecule has 0 atom stereocenters. The summed E-state index contributed by atoms with van der Waals surface area (Å²) < 4.78 is 0. The van der Waals surface area contributed by atoms with E-state index < -0.39 is 0 Å². The molecule has 5 aromatic rings. The lowest BCUT2D eigenvalue weighted by molar-refractivity contribution is 0.590. The van der Waals surface area contributed by atoms with Gasteiger partial charge in [0.15, 0.2) is 0 Å². The number of hydrogen-bond acceptors (Lipinski definition) is 2. The van der Waals surface area contributed by atoms with Crippen molar-refractivity contribution in [1.82, 2.24) is 0 Å². The maximum atomic E-state index is 2.75. The largest absolute Gasteiger partial charge is 0.342 e. The molecule has 0 amide bonds. The summed E-state index contributed by atoms with van der Waals surface area (Å²) in [4.78, 5) is 5.49. The first-order valence-electron chi connectivity index (χ1n) is 17.1. The third-order valence-electron chi connectivity index (χ3n) is 10.9. The maximum absolute atomic E-state index is 2.75. The first-order valence-corrected chi connectivity index (χ1v) is 17.1. The zero-order valence-electron chi connectivity index (χ0n) is 26.9. The Hall–Kier alpha value is -4.24. The number of benzene rings is 5. The van der Waals surface area contributed by atoms with E-state index in [2.05, 4.69) is 128 Å². The summed E-state index contributed by atoms with van der Waals surface area (Å²) in [5, 5.41) is 0. The predicted octanol–water partition coefficient (Wildman–Crippen LogP) is 8.41. The summed E-state index contributed by atoms with van der Waals surface area (Å²) in [5.41, 5.74) is 20.5. The second kappa shape index (κ2) is 10.1. The van der Waals surface area contributed by atoms with E-state index in [1.165, 1.54) is 92.6 Å². The molecule has 4 aliphatic rings. The van der Waals surface area contributed by atoms with E-state index in [1.54, 1.807) is 11.1 Å². The summed E-state index contributed by atoms with van der Waals surface area (Å²) in [6.45, 7) is 9.55. The average molecular weight is 585 g/mol. The molecule has 0 saturated carbocycles. The van der Waals surface area contributed by atoms with Gasteiger partial charge in [0, 0.05) is 35.8 Å². The van der Waals surface area contributed by atoms with Gasteiger partial charge in [-0.1, -0.05) is 106 Å². The smallest absolute Gasteiger partial charge is 0.252 e. The summed E-state index contributed by atoms with van der Waals surface area (Å²) in [5.74, 6) is 0. The minimum atomic E-state index is 0.0582. The Morgan fingerprint density at radius 3 is 1.47 bits per heavy atom. The summed E-state index contributed by atoms with van der Waals surface area (Å²) in [6.07, 6.45) is 7.15. The van der Waals surface area contributed by atoms with E-state index in [1.807, 2.05) is 0 Å². The molecule has 0 unspecified atom stereocenters. The minimum absolute atomic E-state index is 0.0582. The molecule has 4 aliphatic heterocycles. The molecule has 0 saturated heterocycles. The van der Waals surface area contributed by atoms with Crippen LogP contribution >= 0.6 is 0 Å². The highest BCUT2D eigenvalue weighted by molar-refractivity contribution is 7.00. The van der Waals surface area contributed by atoms with Crippen LogP contribution in [-0.2, 0) is 18.3 Å². The van der Waals surface area contributed by atoms with Gasteiger partial charge in [0.1, 0.15) is 0 Å². The molecular weight excluding hydrogens is 543 g/mol. The zero-order valence-corrected chi connectivity index (χ0v) is 26.9. The van der Waals surface area contributed by atoms with Gasteiger partial charge in [-0.25, -0.2) is 0 Å². The predicted molar refractivity (Wildman–Crippen MR) is 193 cm³/mol. The van der Waals surface area contributed by atoms with Crippen molar-refractivity contribution in [3.63, 3.8) is 0 Å². The molecule has 3 heteroatoms. The highest BCUT2D eigenvalue weighted by Crippen LogP contribution is 2.47. The van der Waals surface area contributed by atoms with Crippen molar-refractivity contribution in [2.45, 2.75) is 64.7 Å². The minimum Gasteiger partial charge on any atom is -0.342 e. The molecule has 0 bridgehead atoms. The SMILES string of the molecule is CC(C)(C)c1cc2c3c(c1)N1CCCCc4c(-c5ccccc5)ccc(c41)B3c1ccc(-c3ccccc3)c3c1N2CCCC3. The fraction of sp³-hybridized carbons (Fsp3) is 0.286.